The number of nitrogens with zero attached hydrogens (tertiary/aromatic N) is 3. The Morgan fingerprint density at radius 2 is 2.04 bits per heavy atom. The minimum Gasteiger partial charge on any atom is -0.368 e. The Bertz CT molecular complexity index is 770. The first kappa shape index (κ1) is 14.9. The van der Waals surface area contributed by atoms with Crippen molar-refractivity contribution in [2.45, 2.75) is 57.9 Å². The van der Waals surface area contributed by atoms with Gasteiger partial charge in [-0.2, -0.15) is 0 Å². The van der Waals surface area contributed by atoms with Gasteiger partial charge in [0.05, 0.1) is 5.39 Å². The minimum absolute atomic E-state index is 0.228. The van der Waals surface area contributed by atoms with Crippen molar-refractivity contribution in [1.82, 2.24) is 9.97 Å². The monoisotopic (exact) mass is 330 g/mol. The van der Waals surface area contributed by atoms with Gasteiger partial charge in [0.15, 0.2) is 0 Å². The molecule has 2 aliphatic rings. The SMILES string of the molecule is Cc1nc(N2CCCC2C(N)=O)c2c3c(sc2n1)CCCCC3. The molecule has 0 aromatic carbocycles. The van der Waals surface area contributed by atoms with Crippen molar-refractivity contribution in [2.75, 3.05) is 11.4 Å². The predicted octanol–water partition coefficient (Wildman–Crippen LogP) is 2.72. The fraction of sp³-hybridized carbons (Fsp3) is 0.588. The molecule has 23 heavy (non-hydrogen) atoms. The molecule has 6 heteroatoms. The summed E-state index contributed by atoms with van der Waals surface area (Å²) in [5, 5.41) is 1.19. The maximum Gasteiger partial charge on any atom is 0.240 e. The zero-order valence-electron chi connectivity index (χ0n) is 13.5. The molecule has 1 amide bonds. The molecule has 1 atom stereocenters. The standard InChI is InChI=1S/C17H22N4OS/c1-10-19-16(21-9-5-7-12(21)15(18)22)14-11-6-3-2-4-8-13(11)23-17(14)20-10/h12H,2-9H2,1H3,(H2,18,22). The van der Waals surface area contributed by atoms with E-state index in [0.717, 1.165) is 48.7 Å². The molecule has 122 valence electrons. The highest BCUT2D eigenvalue weighted by Gasteiger charge is 2.33. The lowest BCUT2D eigenvalue weighted by molar-refractivity contribution is -0.119. The number of aromatic nitrogens is 2. The van der Waals surface area contributed by atoms with Gasteiger partial charge < -0.3 is 10.6 Å². The molecule has 0 saturated carbocycles. The maximum atomic E-state index is 11.8. The number of anilines is 1. The molecule has 0 bridgehead atoms. The molecule has 5 nitrogen and oxygen atoms in total. The van der Waals surface area contributed by atoms with Crippen LogP contribution in [0.15, 0.2) is 0 Å². The predicted molar refractivity (Wildman–Crippen MR) is 93.0 cm³/mol. The third kappa shape index (κ3) is 2.49. The van der Waals surface area contributed by atoms with Crippen LogP contribution in [-0.2, 0) is 17.6 Å². The minimum atomic E-state index is -0.242. The number of hydrogen-bond acceptors (Lipinski definition) is 5. The van der Waals surface area contributed by atoms with Crippen LogP contribution in [-0.4, -0.2) is 28.5 Å². The Balaban J connectivity index is 1.91. The van der Waals surface area contributed by atoms with E-state index in [-0.39, 0.29) is 11.9 Å². The van der Waals surface area contributed by atoms with E-state index in [0.29, 0.717) is 0 Å². The maximum absolute atomic E-state index is 11.8. The zero-order valence-corrected chi connectivity index (χ0v) is 14.3. The summed E-state index contributed by atoms with van der Waals surface area (Å²) in [6.07, 6.45) is 7.84. The van der Waals surface area contributed by atoms with Gasteiger partial charge in [-0.1, -0.05) is 6.42 Å². The van der Waals surface area contributed by atoms with Crippen molar-refractivity contribution < 1.29 is 4.79 Å². The average molecular weight is 330 g/mol. The lowest BCUT2D eigenvalue weighted by atomic mass is 10.1. The van der Waals surface area contributed by atoms with E-state index in [1.54, 1.807) is 0 Å². The molecule has 3 heterocycles. The summed E-state index contributed by atoms with van der Waals surface area (Å²) < 4.78 is 0. The summed E-state index contributed by atoms with van der Waals surface area (Å²) in [5.41, 5.74) is 7.05. The second-order valence-electron chi connectivity index (χ2n) is 6.59. The normalized spacial score (nSPS) is 21.4. The summed E-state index contributed by atoms with van der Waals surface area (Å²) in [4.78, 5) is 25.9. The highest BCUT2D eigenvalue weighted by atomic mass is 32.1. The Morgan fingerprint density at radius 3 is 2.87 bits per heavy atom. The summed E-state index contributed by atoms with van der Waals surface area (Å²) in [6.45, 7) is 2.78. The molecule has 0 radical (unpaired) electrons. The molecular formula is C17H22N4OS. The lowest BCUT2D eigenvalue weighted by Crippen LogP contribution is -2.41. The summed E-state index contributed by atoms with van der Waals surface area (Å²) in [6, 6.07) is -0.228. The van der Waals surface area contributed by atoms with Gasteiger partial charge in [-0.25, -0.2) is 9.97 Å². The second-order valence-corrected chi connectivity index (χ2v) is 7.68. The van der Waals surface area contributed by atoms with Crippen molar-refractivity contribution >= 4 is 33.3 Å². The van der Waals surface area contributed by atoms with Gasteiger partial charge in [0.25, 0.3) is 0 Å². The van der Waals surface area contributed by atoms with Crippen molar-refractivity contribution in [3.8, 4) is 0 Å². The van der Waals surface area contributed by atoms with Crippen molar-refractivity contribution in [2.24, 2.45) is 5.73 Å². The summed E-state index contributed by atoms with van der Waals surface area (Å²) in [7, 11) is 0. The van der Waals surface area contributed by atoms with Gasteiger partial charge in [0, 0.05) is 11.4 Å². The summed E-state index contributed by atoms with van der Waals surface area (Å²) >= 11 is 1.82. The van der Waals surface area contributed by atoms with Gasteiger partial charge >= 0.3 is 0 Å². The van der Waals surface area contributed by atoms with Gasteiger partial charge in [-0.15, -0.1) is 11.3 Å². The molecule has 4 rings (SSSR count). The highest BCUT2D eigenvalue weighted by molar-refractivity contribution is 7.19. The fourth-order valence-corrected chi connectivity index (χ4v) is 5.24. The van der Waals surface area contributed by atoms with Gasteiger partial charge in [0.2, 0.25) is 5.91 Å². The molecule has 1 aliphatic carbocycles. The van der Waals surface area contributed by atoms with Crippen LogP contribution in [0.3, 0.4) is 0 Å². The van der Waals surface area contributed by atoms with Crippen LogP contribution in [0.2, 0.25) is 0 Å². The number of fused-ring (bicyclic) bond motifs is 3. The van der Waals surface area contributed by atoms with Crippen molar-refractivity contribution in [3.63, 3.8) is 0 Å². The van der Waals surface area contributed by atoms with Crippen LogP contribution in [0.4, 0.5) is 5.82 Å². The quantitative estimate of drug-likeness (QED) is 0.859. The number of carbonyl (C=O) groups is 1. The third-order valence-electron chi connectivity index (χ3n) is 5.01. The van der Waals surface area contributed by atoms with E-state index in [1.165, 1.54) is 35.1 Å². The summed E-state index contributed by atoms with van der Waals surface area (Å²) in [5.74, 6) is 1.47. The lowest BCUT2D eigenvalue weighted by Gasteiger charge is -2.24. The number of thiophene rings is 1. The van der Waals surface area contributed by atoms with Crippen molar-refractivity contribution in [3.05, 3.63) is 16.3 Å². The Labute approximate surface area is 139 Å². The number of nitrogens with two attached hydrogens (primary N) is 1. The molecule has 2 aromatic heterocycles. The van der Waals surface area contributed by atoms with Gasteiger partial charge in [0.1, 0.15) is 22.5 Å². The highest BCUT2D eigenvalue weighted by Crippen LogP contribution is 2.40. The number of hydrogen-bond donors (Lipinski definition) is 1. The van der Waals surface area contributed by atoms with E-state index in [4.69, 9.17) is 10.7 Å². The van der Waals surface area contributed by atoms with Crippen LogP contribution in [0.25, 0.3) is 10.2 Å². The Hall–Kier alpha value is -1.69. The van der Waals surface area contributed by atoms with E-state index in [1.807, 2.05) is 18.3 Å². The molecule has 1 unspecified atom stereocenters. The van der Waals surface area contributed by atoms with Crippen LogP contribution in [0, 0.1) is 6.92 Å². The number of amides is 1. The van der Waals surface area contributed by atoms with Crippen LogP contribution < -0.4 is 10.6 Å². The zero-order chi connectivity index (χ0) is 16.0. The molecule has 1 fully saturated rings. The molecular weight excluding hydrogens is 308 g/mol. The first-order chi connectivity index (χ1) is 11.1. The van der Waals surface area contributed by atoms with Crippen molar-refractivity contribution in [1.29, 1.82) is 0 Å². The first-order valence-corrected chi connectivity index (χ1v) is 9.31. The second kappa shape index (κ2) is 5.74. The molecule has 2 aromatic rings. The largest absolute Gasteiger partial charge is 0.368 e. The van der Waals surface area contributed by atoms with E-state index in [2.05, 4.69) is 9.88 Å². The fourth-order valence-electron chi connectivity index (χ4n) is 3.94. The van der Waals surface area contributed by atoms with E-state index < -0.39 is 0 Å². The van der Waals surface area contributed by atoms with Crippen LogP contribution in [0.5, 0.6) is 0 Å². The van der Waals surface area contributed by atoms with E-state index in [9.17, 15) is 4.79 Å². The smallest absolute Gasteiger partial charge is 0.240 e. The molecule has 1 saturated heterocycles. The molecule has 1 aliphatic heterocycles. The number of carbonyl (C=O) groups excluding carboxylic acids is 1. The third-order valence-corrected chi connectivity index (χ3v) is 6.20. The van der Waals surface area contributed by atoms with Gasteiger partial charge in [-0.3, -0.25) is 4.79 Å². The number of primary amides is 1. The topological polar surface area (TPSA) is 72.1 Å². The average Bonchev–Trinajstić information content (AvgIpc) is 3.06. The molecule has 0 spiro atoms. The van der Waals surface area contributed by atoms with Crippen LogP contribution >= 0.6 is 11.3 Å². The van der Waals surface area contributed by atoms with Crippen LogP contribution in [0.1, 0.15) is 48.4 Å². The van der Waals surface area contributed by atoms with Gasteiger partial charge in [-0.05, 0) is 51.0 Å². The number of aryl methyl sites for hydroxylation is 3. The number of rotatable bonds is 2. The Morgan fingerprint density at radius 1 is 1.22 bits per heavy atom. The van der Waals surface area contributed by atoms with E-state index >= 15 is 0 Å². The Kier molecular flexibility index (Phi) is 3.71. The molecule has 2 N–H and O–H groups in total. The first-order valence-electron chi connectivity index (χ1n) is 8.50.